The molecule has 2 aromatic carbocycles. The van der Waals surface area contributed by atoms with Crippen LogP contribution in [-0.4, -0.2) is 33.9 Å². The number of hydrogen-bond donors (Lipinski definition) is 2. The Morgan fingerprint density at radius 3 is 2.71 bits per heavy atom. The number of nitrogens with zero attached hydrogens (tertiary/aromatic N) is 3. The molecule has 1 aromatic heterocycles. The zero-order valence-corrected chi connectivity index (χ0v) is 16.9. The van der Waals surface area contributed by atoms with Gasteiger partial charge in [-0.05, 0) is 65.9 Å². The van der Waals surface area contributed by atoms with Gasteiger partial charge < -0.3 is 15.3 Å². The summed E-state index contributed by atoms with van der Waals surface area (Å²) < 4.78 is 0. The minimum atomic E-state index is -0.311. The van der Waals surface area contributed by atoms with Gasteiger partial charge in [0, 0.05) is 48.4 Å². The second-order valence-corrected chi connectivity index (χ2v) is 7.15. The zero-order valence-electron chi connectivity index (χ0n) is 16.9. The Hall–Kier alpha value is -4.02. The molecule has 0 saturated heterocycles. The molecule has 7 heteroatoms. The van der Waals surface area contributed by atoms with Gasteiger partial charge in [-0.3, -0.25) is 9.59 Å². The monoisotopic (exact) mass is 412 g/mol. The summed E-state index contributed by atoms with van der Waals surface area (Å²) >= 11 is 0. The van der Waals surface area contributed by atoms with E-state index in [1.165, 1.54) is 0 Å². The van der Waals surface area contributed by atoms with E-state index in [0.717, 1.165) is 11.3 Å². The third-order valence-corrected chi connectivity index (χ3v) is 5.00. The van der Waals surface area contributed by atoms with Crippen molar-refractivity contribution in [1.82, 2.24) is 9.97 Å². The first-order valence-electron chi connectivity index (χ1n) is 9.78. The normalized spacial score (nSPS) is 12.6. The standard InChI is InChI=1S/C24H20N4O3/c1-28-21-6-5-20(14-18(21)4-8-23(28)30)27-24(31)19-12-16(11-17(13-19)15-29)3-7-22-25-9-2-10-26-22/h2,5-6,9-14,29H,4,8,15H2,1H3,(H,27,31). The van der Waals surface area contributed by atoms with E-state index in [2.05, 4.69) is 27.1 Å². The number of aryl methyl sites for hydroxylation is 1. The van der Waals surface area contributed by atoms with Crippen LogP contribution >= 0.6 is 0 Å². The molecule has 31 heavy (non-hydrogen) atoms. The number of aliphatic hydroxyl groups excluding tert-OH is 1. The van der Waals surface area contributed by atoms with E-state index < -0.39 is 0 Å². The Morgan fingerprint density at radius 2 is 1.94 bits per heavy atom. The number of carbonyl (C=O) groups excluding carboxylic acids is 2. The van der Waals surface area contributed by atoms with Crippen LogP contribution in [0.3, 0.4) is 0 Å². The molecule has 2 heterocycles. The second-order valence-electron chi connectivity index (χ2n) is 7.15. The quantitative estimate of drug-likeness (QED) is 0.645. The number of amides is 2. The maximum absolute atomic E-state index is 12.9. The zero-order chi connectivity index (χ0) is 21.8. The smallest absolute Gasteiger partial charge is 0.255 e. The first-order chi connectivity index (χ1) is 15.0. The number of anilines is 2. The van der Waals surface area contributed by atoms with Crippen LogP contribution in [0.2, 0.25) is 0 Å². The second kappa shape index (κ2) is 8.78. The van der Waals surface area contributed by atoms with Crippen LogP contribution in [0.25, 0.3) is 0 Å². The van der Waals surface area contributed by atoms with Gasteiger partial charge in [0.2, 0.25) is 11.7 Å². The van der Waals surface area contributed by atoms with Crippen molar-refractivity contribution in [2.45, 2.75) is 19.4 Å². The average Bonchev–Trinajstić information content (AvgIpc) is 2.80. The van der Waals surface area contributed by atoms with E-state index in [4.69, 9.17) is 0 Å². The SMILES string of the molecule is CN1C(=O)CCc2cc(NC(=O)c3cc(C#Cc4ncccn4)cc(CO)c3)ccc21. The van der Waals surface area contributed by atoms with E-state index in [1.54, 1.807) is 54.7 Å². The van der Waals surface area contributed by atoms with Crippen molar-refractivity contribution in [2.75, 3.05) is 17.3 Å². The van der Waals surface area contributed by atoms with Crippen LogP contribution in [0.1, 0.15) is 39.3 Å². The van der Waals surface area contributed by atoms with Gasteiger partial charge in [0.1, 0.15) is 0 Å². The molecule has 0 atom stereocenters. The summed E-state index contributed by atoms with van der Waals surface area (Å²) in [5, 5.41) is 12.5. The molecule has 0 fully saturated rings. The lowest BCUT2D eigenvalue weighted by Gasteiger charge is -2.26. The van der Waals surface area contributed by atoms with E-state index in [9.17, 15) is 14.7 Å². The third-order valence-electron chi connectivity index (χ3n) is 5.00. The van der Waals surface area contributed by atoms with E-state index >= 15 is 0 Å². The molecule has 4 rings (SSSR count). The van der Waals surface area contributed by atoms with Gasteiger partial charge in [-0.2, -0.15) is 0 Å². The summed E-state index contributed by atoms with van der Waals surface area (Å²) in [4.78, 5) is 34.5. The lowest BCUT2D eigenvalue weighted by atomic mass is 10.0. The molecule has 2 amide bonds. The van der Waals surface area contributed by atoms with Crippen molar-refractivity contribution >= 4 is 23.2 Å². The fourth-order valence-corrected chi connectivity index (χ4v) is 3.42. The molecule has 0 saturated carbocycles. The van der Waals surface area contributed by atoms with Gasteiger partial charge in [-0.15, -0.1) is 0 Å². The van der Waals surface area contributed by atoms with E-state index in [1.807, 2.05) is 12.1 Å². The number of rotatable bonds is 3. The number of hydrogen-bond acceptors (Lipinski definition) is 5. The molecule has 3 aromatic rings. The van der Waals surface area contributed by atoms with Gasteiger partial charge in [0.25, 0.3) is 5.91 Å². The summed E-state index contributed by atoms with van der Waals surface area (Å²) in [6.45, 7) is -0.211. The van der Waals surface area contributed by atoms with E-state index in [0.29, 0.717) is 41.0 Å². The predicted molar refractivity (Wildman–Crippen MR) is 117 cm³/mol. The lowest BCUT2D eigenvalue weighted by molar-refractivity contribution is -0.118. The maximum atomic E-state index is 12.9. The molecule has 1 aliphatic heterocycles. The topological polar surface area (TPSA) is 95.4 Å². The van der Waals surface area contributed by atoms with Crippen molar-refractivity contribution < 1.29 is 14.7 Å². The number of benzene rings is 2. The highest BCUT2D eigenvalue weighted by Gasteiger charge is 2.21. The summed E-state index contributed by atoms with van der Waals surface area (Å²) in [6.07, 6.45) is 4.30. The average molecular weight is 412 g/mol. The molecular formula is C24H20N4O3. The lowest BCUT2D eigenvalue weighted by Crippen LogP contribution is -2.31. The number of aromatic nitrogens is 2. The van der Waals surface area contributed by atoms with Crippen LogP contribution in [0.5, 0.6) is 0 Å². The van der Waals surface area contributed by atoms with Gasteiger partial charge >= 0.3 is 0 Å². The molecule has 0 unspecified atom stereocenters. The molecule has 1 aliphatic rings. The Labute approximate surface area is 179 Å². The minimum absolute atomic E-state index is 0.0830. The Bertz CT molecular complexity index is 1210. The first kappa shape index (κ1) is 20.3. The van der Waals surface area contributed by atoms with Crippen molar-refractivity contribution in [3.05, 3.63) is 82.9 Å². The van der Waals surface area contributed by atoms with Crippen LogP contribution in [0, 0.1) is 11.8 Å². The molecule has 7 nitrogen and oxygen atoms in total. The largest absolute Gasteiger partial charge is 0.392 e. The van der Waals surface area contributed by atoms with Crippen LogP contribution in [0.4, 0.5) is 11.4 Å². The highest BCUT2D eigenvalue weighted by atomic mass is 16.3. The number of carbonyl (C=O) groups is 2. The molecule has 0 bridgehead atoms. The minimum Gasteiger partial charge on any atom is -0.392 e. The van der Waals surface area contributed by atoms with Gasteiger partial charge in [0.15, 0.2) is 0 Å². The molecule has 0 spiro atoms. The van der Waals surface area contributed by atoms with E-state index in [-0.39, 0.29) is 18.4 Å². The summed E-state index contributed by atoms with van der Waals surface area (Å²) in [7, 11) is 1.75. The van der Waals surface area contributed by atoms with Gasteiger partial charge in [-0.1, -0.05) is 5.92 Å². The molecular weight excluding hydrogens is 392 g/mol. The van der Waals surface area contributed by atoms with Crippen molar-refractivity contribution in [1.29, 1.82) is 0 Å². The van der Waals surface area contributed by atoms with Gasteiger partial charge in [0.05, 0.1) is 6.61 Å². The third kappa shape index (κ3) is 4.60. The number of aliphatic hydroxyl groups is 1. The molecule has 0 aliphatic carbocycles. The fraction of sp³-hybridized carbons (Fsp3) is 0.167. The summed E-state index contributed by atoms with van der Waals surface area (Å²) in [6, 6.07) is 12.2. The summed E-state index contributed by atoms with van der Waals surface area (Å²) in [5.74, 6) is 5.94. The number of fused-ring (bicyclic) bond motifs is 1. The fourth-order valence-electron chi connectivity index (χ4n) is 3.42. The van der Waals surface area contributed by atoms with Crippen LogP contribution in [-0.2, 0) is 17.8 Å². The highest BCUT2D eigenvalue weighted by Crippen LogP contribution is 2.29. The Kier molecular flexibility index (Phi) is 5.74. The number of nitrogens with one attached hydrogen (secondary N) is 1. The molecule has 2 N–H and O–H groups in total. The summed E-state index contributed by atoms with van der Waals surface area (Å²) in [5.41, 5.74) is 4.06. The van der Waals surface area contributed by atoms with Gasteiger partial charge in [-0.25, -0.2) is 9.97 Å². The first-order valence-corrected chi connectivity index (χ1v) is 9.78. The predicted octanol–water partition coefficient (Wildman–Crippen LogP) is 2.53. The highest BCUT2D eigenvalue weighted by molar-refractivity contribution is 6.05. The maximum Gasteiger partial charge on any atom is 0.255 e. The van der Waals surface area contributed by atoms with Crippen molar-refractivity contribution in [2.24, 2.45) is 0 Å². The van der Waals surface area contributed by atoms with Crippen LogP contribution < -0.4 is 10.2 Å². The van der Waals surface area contributed by atoms with Crippen LogP contribution in [0.15, 0.2) is 54.9 Å². The Morgan fingerprint density at radius 1 is 1.13 bits per heavy atom. The molecule has 154 valence electrons. The van der Waals surface area contributed by atoms with Crippen molar-refractivity contribution in [3.8, 4) is 11.8 Å². The Balaban J connectivity index is 1.57. The molecule has 0 radical (unpaired) electrons. The van der Waals surface area contributed by atoms with Crippen molar-refractivity contribution in [3.63, 3.8) is 0 Å².